The molecule has 0 aliphatic rings. The Balaban J connectivity index is 2.35. The van der Waals surface area contributed by atoms with Crippen LogP contribution >= 0.6 is 9.24 Å². The lowest BCUT2D eigenvalue weighted by Gasteiger charge is -2.37. The second-order valence-electron chi connectivity index (χ2n) is 6.04. The fourth-order valence-electron chi connectivity index (χ4n) is 3.07. The van der Waals surface area contributed by atoms with Crippen LogP contribution in [0.5, 0.6) is 0 Å². The molecule has 2 rings (SSSR count). The van der Waals surface area contributed by atoms with E-state index in [0.29, 0.717) is 5.66 Å². The molecule has 0 radical (unpaired) electrons. The SMILES string of the molecule is CCCCCC(P)C(C)(c1ccccc1)c1ccccc1. The van der Waals surface area contributed by atoms with Crippen LogP contribution < -0.4 is 0 Å². The highest BCUT2D eigenvalue weighted by Crippen LogP contribution is 2.41. The lowest BCUT2D eigenvalue weighted by Crippen LogP contribution is -2.34. The van der Waals surface area contributed by atoms with Gasteiger partial charge < -0.3 is 0 Å². The van der Waals surface area contributed by atoms with Gasteiger partial charge in [0.2, 0.25) is 0 Å². The molecule has 2 aromatic rings. The van der Waals surface area contributed by atoms with Crippen molar-refractivity contribution in [2.24, 2.45) is 0 Å². The second-order valence-corrected chi connectivity index (χ2v) is 6.84. The number of rotatable bonds is 7. The van der Waals surface area contributed by atoms with E-state index in [9.17, 15) is 0 Å². The molecule has 0 heterocycles. The van der Waals surface area contributed by atoms with Crippen LogP contribution in [0.15, 0.2) is 60.7 Å². The van der Waals surface area contributed by atoms with Gasteiger partial charge in [-0.15, -0.1) is 9.24 Å². The van der Waals surface area contributed by atoms with Crippen LogP contribution in [-0.4, -0.2) is 5.66 Å². The Bertz CT molecular complexity index is 479. The highest BCUT2D eigenvalue weighted by atomic mass is 31.0. The lowest BCUT2D eigenvalue weighted by molar-refractivity contribution is 0.492. The highest BCUT2D eigenvalue weighted by Gasteiger charge is 2.34. The standard InChI is InChI=1S/C20H27P/c1-3-4-7-16-19(21)20(2,17-12-8-5-9-13-17)18-14-10-6-11-15-18/h5-6,8-15,19H,3-4,7,16,21H2,1-2H3. The molecule has 2 atom stereocenters. The van der Waals surface area contributed by atoms with Gasteiger partial charge in [-0.1, -0.05) is 93.8 Å². The molecule has 0 aliphatic carbocycles. The zero-order valence-electron chi connectivity index (χ0n) is 13.3. The summed E-state index contributed by atoms with van der Waals surface area (Å²) in [5.74, 6) is 0. The maximum atomic E-state index is 3.12. The second kappa shape index (κ2) is 7.76. The minimum absolute atomic E-state index is 0.0565. The van der Waals surface area contributed by atoms with Crippen molar-refractivity contribution < 1.29 is 0 Å². The van der Waals surface area contributed by atoms with E-state index in [-0.39, 0.29) is 5.41 Å². The molecule has 0 spiro atoms. The van der Waals surface area contributed by atoms with Crippen molar-refractivity contribution in [3.63, 3.8) is 0 Å². The van der Waals surface area contributed by atoms with Crippen LogP contribution in [0, 0.1) is 0 Å². The van der Waals surface area contributed by atoms with Gasteiger partial charge in [-0.3, -0.25) is 0 Å². The molecule has 1 heteroatoms. The van der Waals surface area contributed by atoms with Gasteiger partial charge in [0.1, 0.15) is 0 Å². The van der Waals surface area contributed by atoms with Crippen molar-refractivity contribution in [3.05, 3.63) is 71.8 Å². The van der Waals surface area contributed by atoms with Crippen LogP contribution in [0.3, 0.4) is 0 Å². The molecule has 2 aromatic carbocycles. The largest absolute Gasteiger partial charge is 0.133 e. The molecule has 0 aliphatic heterocycles. The molecular weight excluding hydrogens is 271 g/mol. The van der Waals surface area contributed by atoms with Crippen LogP contribution in [0.2, 0.25) is 0 Å². The van der Waals surface area contributed by atoms with E-state index in [1.54, 1.807) is 0 Å². The third-order valence-electron chi connectivity index (χ3n) is 4.61. The van der Waals surface area contributed by atoms with Gasteiger partial charge in [-0.2, -0.15) is 0 Å². The Morgan fingerprint density at radius 1 is 0.857 bits per heavy atom. The van der Waals surface area contributed by atoms with E-state index in [2.05, 4.69) is 83.8 Å². The normalized spacial score (nSPS) is 13.1. The molecule has 0 aromatic heterocycles. The highest BCUT2D eigenvalue weighted by molar-refractivity contribution is 7.17. The number of hydrogen-bond donors (Lipinski definition) is 0. The van der Waals surface area contributed by atoms with E-state index >= 15 is 0 Å². The van der Waals surface area contributed by atoms with Gasteiger partial charge in [0.05, 0.1) is 0 Å². The predicted octanol–water partition coefficient (Wildman–Crippen LogP) is 5.82. The summed E-state index contributed by atoms with van der Waals surface area (Å²) in [4.78, 5) is 0. The average Bonchev–Trinajstić information content (AvgIpc) is 2.56. The molecular formula is C20H27P. The molecule has 0 bridgehead atoms. The van der Waals surface area contributed by atoms with E-state index < -0.39 is 0 Å². The monoisotopic (exact) mass is 298 g/mol. The van der Waals surface area contributed by atoms with Crippen molar-refractivity contribution in [2.45, 2.75) is 50.6 Å². The minimum atomic E-state index is 0.0565. The van der Waals surface area contributed by atoms with Crippen molar-refractivity contribution in [1.82, 2.24) is 0 Å². The van der Waals surface area contributed by atoms with Crippen molar-refractivity contribution >= 4 is 9.24 Å². The van der Waals surface area contributed by atoms with Gasteiger partial charge >= 0.3 is 0 Å². The maximum Gasteiger partial charge on any atom is 0.0237 e. The first kappa shape index (κ1) is 16.2. The Morgan fingerprint density at radius 2 is 1.33 bits per heavy atom. The summed E-state index contributed by atoms with van der Waals surface area (Å²) in [5.41, 5.74) is 3.43. The molecule has 112 valence electrons. The summed E-state index contributed by atoms with van der Waals surface area (Å²) in [6.07, 6.45) is 5.16. The predicted molar refractivity (Wildman–Crippen MR) is 97.0 cm³/mol. The smallest absolute Gasteiger partial charge is 0.0237 e. The first-order chi connectivity index (χ1) is 10.2. The quantitative estimate of drug-likeness (QED) is 0.446. The van der Waals surface area contributed by atoms with Gasteiger partial charge in [0.25, 0.3) is 0 Å². The van der Waals surface area contributed by atoms with E-state index in [4.69, 9.17) is 0 Å². The first-order valence-electron chi connectivity index (χ1n) is 8.06. The molecule has 21 heavy (non-hydrogen) atoms. The Hall–Kier alpha value is -1.13. The number of hydrogen-bond acceptors (Lipinski definition) is 0. The van der Waals surface area contributed by atoms with Gasteiger partial charge in [0, 0.05) is 5.41 Å². The molecule has 0 amide bonds. The average molecular weight is 298 g/mol. The van der Waals surface area contributed by atoms with Crippen molar-refractivity contribution in [3.8, 4) is 0 Å². The van der Waals surface area contributed by atoms with Crippen LogP contribution in [0.4, 0.5) is 0 Å². The molecule has 0 nitrogen and oxygen atoms in total. The zero-order valence-corrected chi connectivity index (χ0v) is 14.4. The van der Waals surface area contributed by atoms with Crippen LogP contribution in [0.25, 0.3) is 0 Å². The van der Waals surface area contributed by atoms with Crippen LogP contribution in [-0.2, 0) is 5.41 Å². The topological polar surface area (TPSA) is 0 Å². The van der Waals surface area contributed by atoms with E-state index in [1.165, 1.54) is 36.8 Å². The van der Waals surface area contributed by atoms with E-state index in [0.717, 1.165) is 0 Å². The van der Waals surface area contributed by atoms with Gasteiger partial charge in [0.15, 0.2) is 0 Å². The summed E-state index contributed by atoms with van der Waals surface area (Å²) >= 11 is 0. The van der Waals surface area contributed by atoms with Crippen molar-refractivity contribution in [2.75, 3.05) is 0 Å². The first-order valence-corrected chi connectivity index (χ1v) is 8.73. The summed E-state index contributed by atoms with van der Waals surface area (Å²) in [6.45, 7) is 4.66. The summed E-state index contributed by atoms with van der Waals surface area (Å²) in [6, 6.07) is 21.9. The third-order valence-corrected chi connectivity index (χ3v) is 5.61. The number of benzene rings is 2. The van der Waals surface area contributed by atoms with Crippen LogP contribution in [0.1, 0.15) is 50.7 Å². The minimum Gasteiger partial charge on any atom is -0.133 e. The van der Waals surface area contributed by atoms with Crippen molar-refractivity contribution in [1.29, 1.82) is 0 Å². The summed E-state index contributed by atoms with van der Waals surface area (Å²) in [5, 5.41) is 0. The fourth-order valence-corrected chi connectivity index (χ4v) is 3.69. The zero-order chi connectivity index (χ0) is 15.1. The molecule has 0 saturated heterocycles. The molecule has 0 saturated carbocycles. The number of unbranched alkanes of at least 4 members (excludes halogenated alkanes) is 2. The Labute approximate surface area is 132 Å². The maximum absolute atomic E-state index is 3.12. The molecule has 0 N–H and O–H groups in total. The molecule has 2 unspecified atom stereocenters. The lowest BCUT2D eigenvalue weighted by atomic mass is 9.72. The third kappa shape index (κ3) is 3.74. The Morgan fingerprint density at radius 3 is 1.76 bits per heavy atom. The summed E-state index contributed by atoms with van der Waals surface area (Å²) in [7, 11) is 3.12. The fraction of sp³-hybridized carbons (Fsp3) is 0.400. The van der Waals surface area contributed by atoms with Gasteiger partial charge in [-0.05, 0) is 23.2 Å². The van der Waals surface area contributed by atoms with E-state index in [1.807, 2.05) is 0 Å². The summed E-state index contributed by atoms with van der Waals surface area (Å²) < 4.78 is 0. The molecule has 0 fully saturated rings. The Kier molecular flexibility index (Phi) is 6.00. The van der Waals surface area contributed by atoms with Gasteiger partial charge in [-0.25, -0.2) is 0 Å².